The van der Waals surface area contributed by atoms with Gasteiger partial charge in [-0.1, -0.05) is 6.92 Å². The number of nitrogens with two attached hydrogens (primary N) is 1. The Kier molecular flexibility index (Phi) is 3.43. The zero-order valence-electron chi connectivity index (χ0n) is 9.87. The summed E-state index contributed by atoms with van der Waals surface area (Å²) < 4.78 is 1.84. The number of hydrogen-bond donors (Lipinski definition) is 2. The number of imidazole rings is 1. The lowest BCUT2D eigenvalue weighted by atomic mass is 10.4. The third kappa shape index (κ3) is 2.31. The predicted molar refractivity (Wildman–Crippen MR) is 67.0 cm³/mol. The lowest BCUT2D eigenvalue weighted by Gasteiger charge is -2.22. The molecule has 0 aliphatic carbocycles. The van der Waals surface area contributed by atoms with Crippen molar-refractivity contribution in [2.24, 2.45) is 0 Å². The Morgan fingerprint density at radius 2 is 2.29 bits per heavy atom. The van der Waals surface area contributed by atoms with Gasteiger partial charge in [0.25, 0.3) is 0 Å². The predicted octanol–water partition coefficient (Wildman–Crippen LogP) is 0.520. The smallest absolute Gasteiger partial charge is 0.180 e. The fourth-order valence-corrected chi connectivity index (χ4v) is 1.86. The van der Waals surface area contributed by atoms with Gasteiger partial charge in [-0.3, -0.25) is 0 Å². The first-order chi connectivity index (χ1) is 8.26. The van der Waals surface area contributed by atoms with E-state index in [2.05, 4.69) is 16.9 Å². The Morgan fingerprint density at radius 1 is 1.47 bits per heavy atom. The molecule has 2 aromatic rings. The van der Waals surface area contributed by atoms with E-state index in [4.69, 9.17) is 10.8 Å². The van der Waals surface area contributed by atoms with E-state index in [1.165, 1.54) is 0 Å². The molecule has 17 heavy (non-hydrogen) atoms. The summed E-state index contributed by atoms with van der Waals surface area (Å²) in [5.74, 6) is 1.18. The van der Waals surface area contributed by atoms with Crippen molar-refractivity contribution in [1.82, 2.24) is 14.4 Å². The van der Waals surface area contributed by atoms with Crippen LogP contribution in [0.3, 0.4) is 0 Å². The number of aliphatic hydroxyl groups is 1. The van der Waals surface area contributed by atoms with Crippen molar-refractivity contribution in [1.29, 1.82) is 0 Å². The lowest BCUT2D eigenvalue weighted by Crippen LogP contribution is -2.29. The summed E-state index contributed by atoms with van der Waals surface area (Å²) in [6.45, 7) is 3.52. The summed E-state index contributed by atoms with van der Waals surface area (Å²) >= 11 is 0. The molecule has 0 bridgehead atoms. The van der Waals surface area contributed by atoms with Gasteiger partial charge in [0, 0.05) is 25.5 Å². The molecular formula is C11H17N5O. The Morgan fingerprint density at radius 3 is 3.00 bits per heavy atom. The van der Waals surface area contributed by atoms with E-state index in [0.717, 1.165) is 24.4 Å². The maximum atomic E-state index is 9.09. The highest BCUT2D eigenvalue weighted by atomic mass is 16.3. The van der Waals surface area contributed by atoms with Crippen LogP contribution < -0.4 is 10.6 Å². The summed E-state index contributed by atoms with van der Waals surface area (Å²) in [5.41, 5.74) is 6.53. The van der Waals surface area contributed by atoms with Crippen LogP contribution in [0.1, 0.15) is 13.3 Å². The molecule has 0 unspecified atom stereocenters. The Balaban J connectivity index is 2.46. The number of anilines is 2. The minimum atomic E-state index is 0.0867. The lowest BCUT2D eigenvalue weighted by molar-refractivity contribution is 0.301. The van der Waals surface area contributed by atoms with Crippen molar-refractivity contribution in [3.63, 3.8) is 0 Å². The van der Waals surface area contributed by atoms with Crippen molar-refractivity contribution in [2.75, 3.05) is 30.3 Å². The number of rotatable bonds is 5. The molecule has 0 spiro atoms. The van der Waals surface area contributed by atoms with Crippen LogP contribution >= 0.6 is 0 Å². The summed E-state index contributed by atoms with van der Waals surface area (Å²) in [6.07, 6.45) is 6.25. The van der Waals surface area contributed by atoms with Crippen molar-refractivity contribution >= 4 is 17.3 Å². The third-order valence-electron chi connectivity index (χ3n) is 2.54. The molecule has 0 amide bonds. The quantitative estimate of drug-likeness (QED) is 0.789. The number of nitrogen functional groups attached to an aromatic ring is 1. The molecule has 0 saturated carbocycles. The van der Waals surface area contributed by atoms with Crippen LogP contribution in [-0.4, -0.2) is 39.2 Å². The monoisotopic (exact) mass is 235 g/mol. The summed E-state index contributed by atoms with van der Waals surface area (Å²) in [7, 11) is 0. The van der Waals surface area contributed by atoms with Gasteiger partial charge in [0.2, 0.25) is 0 Å². The molecule has 2 aromatic heterocycles. The zero-order chi connectivity index (χ0) is 12.3. The highest BCUT2D eigenvalue weighted by Gasteiger charge is 2.13. The normalized spacial score (nSPS) is 10.9. The second kappa shape index (κ2) is 5.01. The summed E-state index contributed by atoms with van der Waals surface area (Å²) in [4.78, 5) is 10.6. The van der Waals surface area contributed by atoms with Crippen molar-refractivity contribution in [3.05, 3.63) is 18.6 Å². The van der Waals surface area contributed by atoms with Crippen LogP contribution in [0.5, 0.6) is 0 Å². The van der Waals surface area contributed by atoms with Crippen LogP contribution in [0.2, 0.25) is 0 Å². The van der Waals surface area contributed by atoms with Gasteiger partial charge in [0.15, 0.2) is 11.5 Å². The number of hydrogen-bond acceptors (Lipinski definition) is 5. The van der Waals surface area contributed by atoms with Crippen molar-refractivity contribution in [3.8, 4) is 0 Å². The maximum Gasteiger partial charge on any atom is 0.180 e. The zero-order valence-corrected chi connectivity index (χ0v) is 9.87. The maximum absolute atomic E-state index is 9.09. The molecule has 0 aliphatic rings. The number of fused-ring (bicyclic) bond motifs is 1. The molecule has 6 nitrogen and oxygen atoms in total. The number of aromatic nitrogens is 3. The molecule has 0 aliphatic heterocycles. The molecule has 0 atom stereocenters. The SMILES string of the molecule is CCCN(CCO)c1nc(N)cn2ccnc12. The molecule has 0 fully saturated rings. The first kappa shape index (κ1) is 11.7. The minimum absolute atomic E-state index is 0.0867. The van der Waals surface area contributed by atoms with E-state index in [9.17, 15) is 0 Å². The van der Waals surface area contributed by atoms with Crippen molar-refractivity contribution < 1.29 is 5.11 Å². The summed E-state index contributed by atoms with van der Waals surface area (Å²) in [6, 6.07) is 0. The van der Waals surface area contributed by atoms with Crippen LogP contribution in [0.15, 0.2) is 18.6 Å². The minimum Gasteiger partial charge on any atom is -0.395 e. The van der Waals surface area contributed by atoms with E-state index >= 15 is 0 Å². The van der Waals surface area contributed by atoms with E-state index in [0.29, 0.717) is 12.4 Å². The first-order valence-corrected chi connectivity index (χ1v) is 5.71. The van der Waals surface area contributed by atoms with Gasteiger partial charge in [0.1, 0.15) is 5.82 Å². The van der Waals surface area contributed by atoms with Gasteiger partial charge in [-0.2, -0.15) is 0 Å². The van der Waals surface area contributed by atoms with E-state index < -0.39 is 0 Å². The molecule has 92 valence electrons. The van der Waals surface area contributed by atoms with Gasteiger partial charge >= 0.3 is 0 Å². The second-order valence-corrected chi connectivity index (χ2v) is 3.86. The molecule has 3 N–H and O–H groups in total. The molecular weight excluding hydrogens is 218 g/mol. The highest BCUT2D eigenvalue weighted by molar-refractivity contribution is 5.66. The molecule has 2 heterocycles. The topological polar surface area (TPSA) is 79.7 Å². The number of aliphatic hydroxyl groups excluding tert-OH is 1. The van der Waals surface area contributed by atoms with Crippen molar-refractivity contribution in [2.45, 2.75) is 13.3 Å². The molecule has 0 saturated heterocycles. The highest BCUT2D eigenvalue weighted by Crippen LogP contribution is 2.19. The first-order valence-electron chi connectivity index (χ1n) is 5.71. The number of nitrogens with zero attached hydrogens (tertiary/aromatic N) is 4. The van der Waals surface area contributed by atoms with Gasteiger partial charge in [-0.05, 0) is 6.42 Å². The van der Waals surface area contributed by atoms with E-state index in [1.807, 2.05) is 15.5 Å². The van der Waals surface area contributed by atoms with E-state index in [1.54, 1.807) is 12.4 Å². The van der Waals surface area contributed by atoms with Crippen LogP contribution in [0.4, 0.5) is 11.6 Å². The molecule has 0 radical (unpaired) electrons. The standard InChI is InChI=1S/C11H17N5O/c1-2-4-15(6-7-17)11-10-13-3-5-16(10)8-9(12)14-11/h3,5,8,17H,2,4,6-7,12H2,1H3. The average Bonchev–Trinajstić information content (AvgIpc) is 2.75. The largest absolute Gasteiger partial charge is 0.395 e. The molecule has 6 heteroatoms. The Bertz CT molecular complexity index is 490. The van der Waals surface area contributed by atoms with Gasteiger partial charge in [-0.25, -0.2) is 9.97 Å². The van der Waals surface area contributed by atoms with Gasteiger partial charge in [0.05, 0.1) is 12.8 Å². The summed E-state index contributed by atoms with van der Waals surface area (Å²) in [5, 5.41) is 9.09. The fraction of sp³-hybridized carbons (Fsp3) is 0.455. The van der Waals surface area contributed by atoms with Crippen LogP contribution in [0, 0.1) is 0 Å². The second-order valence-electron chi connectivity index (χ2n) is 3.86. The van der Waals surface area contributed by atoms with Crippen LogP contribution in [-0.2, 0) is 0 Å². The molecule has 2 rings (SSSR count). The van der Waals surface area contributed by atoms with Gasteiger partial charge < -0.3 is 20.1 Å². The Labute approximate surface area is 99.7 Å². The van der Waals surface area contributed by atoms with Gasteiger partial charge in [-0.15, -0.1) is 0 Å². The average molecular weight is 235 g/mol. The Hall–Kier alpha value is -1.82. The fourth-order valence-electron chi connectivity index (χ4n) is 1.86. The van der Waals surface area contributed by atoms with Crippen LogP contribution in [0.25, 0.3) is 5.65 Å². The third-order valence-corrected chi connectivity index (χ3v) is 2.54. The molecule has 0 aromatic carbocycles. The van der Waals surface area contributed by atoms with E-state index in [-0.39, 0.29) is 6.61 Å².